The summed E-state index contributed by atoms with van der Waals surface area (Å²) in [6, 6.07) is 11.1. The van der Waals surface area contributed by atoms with Crippen molar-refractivity contribution < 1.29 is 13.7 Å². The molecule has 1 aromatic carbocycles. The molecule has 21 heavy (non-hydrogen) atoms. The van der Waals surface area contributed by atoms with E-state index in [9.17, 15) is 0 Å². The summed E-state index contributed by atoms with van der Waals surface area (Å²) in [4.78, 5) is 4.32. The van der Waals surface area contributed by atoms with E-state index in [0.29, 0.717) is 17.5 Å². The number of ether oxygens (including phenoxy) is 1. The summed E-state index contributed by atoms with van der Waals surface area (Å²) in [6.45, 7) is 1.95. The Bertz CT molecular complexity index is 689. The van der Waals surface area contributed by atoms with Gasteiger partial charge in [0, 0.05) is 5.69 Å². The molecule has 0 bridgehead atoms. The largest absolute Gasteiger partial charge is 0.497 e. The molecule has 0 amide bonds. The van der Waals surface area contributed by atoms with E-state index in [2.05, 4.69) is 15.5 Å². The van der Waals surface area contributed by atoms with Gasteiger partial charge in [-0.05, 0) is 43.3 Å². The van der Waals surface area contributed by atoms with E-state index in [-0.39, 0.29) is 6.04 Å². The van der Waals surface area contributed by atoms with Crippen LogP contribution in [0.15, 0.2) is 51.6 Å². The number of rotatable bonds is 5. The number of anilines is 1. The lowest BCUT2D eigenvalue weighted by Gasteiger charge is -2.11. The highest BCUT2D eigenvalue weighted by Crippen LogP contribution is 2.23. The minimum absolute atomic E-state index is 0.116. The molecule has 0 aliphatic carbocycles. The van der Waals surface area contributed by atoms with Crippen LogP contribution in [-0.2, 0) is 0 Å². The van der Waals surface area contributed by atoms with Crippen LogP contribution in [-0.4, -0.2) is 17.3 Å². The zero-order valence-corrected chi connectivity index (χ0v) is 11.7. The van der Waals surface area contributed by atoms with Crippen LogP contribution >= 0.6 is 0 Å². The van der Waals surface area contributed by atoms with Gasteiger partial charge in [-0.3, -0.25) is 0 Å². The zero-order valence-electron chi connectivity index (χ0n) is 11.7. The molecule has 0 fully saturated rings. The fourth-order valence-corrected chi connectivity index (χ4v) is 1.92. The first-order chi connectivity index (χ1) is 10.3. The van der Waals surface area contributed by atoms with Gasteiger partial charge in [-0.15, -0.1) is 0 Å². The number of methoxy groups -OCH3 is 1. The highest BCUT2D eigenvalue weighted by atomic mass is 16.5. The molecule has 0 spiro atoms. The summed E-state index contributed by atoms with van der Waals surface area (Å²) >= 11 is 0. The SMILES string of the molecule is COc1ccc(N[C@H](C)c2nc(-c3ccco3)no2)cc1. The Labute approximate surface area is 121 Å². The van der Waals surface area contributed by atoms with Crippen LogP contribution in [0.4, 0.5) is 5.69 Å². The lowest BCUT2D eigenvalue weighted by Crippen LogP contribution is -2.06. The van der Waals surface area contributed by atoms with E-state index in [1.54, 1.807) is 25.5 Å². The standard InChI is InChI=1S/C15H15N3O3/c1-10(16-11-5-7-12(19-2)8-6-11)15-17-14(18-21-15)13-4-3-9-20-13/h3-10,16H,1-2H3/t10-/m1/s1. The lowest BCUT2D eigenvalue weighted by atomic mass is 10.2. The van der Waals surface area contributed by atoms with E-state index in [4.69, 9.17) is 13.7 Å². The van der Waals surface area contributed by atoms with Crippen molar-refractivity contribution in [2.24, 2.45) is 0 Å². The Hall–Kier alpha value is -2.76. The number of benzene rings is 1. The van der Waals surface area contributed by atoms with Gasteiger partial charge in [0.2, 0.25) is 11.7 Å². The van der Waals surface area contributed by atoms with Crippen molar-refractivity contribution in [3.8, 4) is 17.3 Å². The third-order valence-corrected chi connectivity index (χ3v) is 3.03. The van der Waals surface area contributed by atoms with Gasteiger partial charge in [-0.25, -0.2) is 0 Å². The smallest absolute Gasteiger partial charge is 0.249 e. The van der Waals surface area contributed by atoms with Gasteiger partial charge in [0.1, 0.15) is 11.8 Å². The first-order valence-corrected chi connectivity index (χ1v) is 6.54. The maximum Gasteiger partial charge on any atom is 0.249 e. The maximum atomic E-state index is 5.26. The molecule has 1 atom stereocenters. The van der Waals surface area contributed by atoms with E-state index in [1.807, 2.05) is 31.2 Å². The van der Waals surface area contributed by atoms with Gasteiger partial charge >= 0.3 is 0 Å². The second-order valence-electron chi connectivity index (χ2n) is 4.53. The number of nitrogens with one attached hydrogen (secondary N) is 1. The lowest BCUT2D eigenvalue weighted by molar-refractivity contribution is 0.367. The highest BCUT2D eigenvalue weighted by Gasteiger charge is 2.16. The van der Waals surface area contributed by atoms with E-state index >= 15 is 0 Å². The van der Waals surface area contributed by atoms with Crippen LogP contribution in [0.2, 0.25) is 0 Å². The monoisotopic (exact) mass is 285 g/mol. The van der Waals surface area contributed by atoms with Crippen molar-refractivity contribution >= 4 is 5.69 Å². The summed E-state index contributed by atoms with van der Waals surface area (Å²) in [5, 5.41) is 7.19. The number of hydrogen-bond acceptors (Lipinski definition) is 6. The topological polar surface area (TPSA) is 73.3 Å². The van der Waals surface area contributed by atoms with Crippen molar-refractivity contribution in [2.45, 2.75) is 13.0 Å². The molecule has 1 N–H and O–H groups in total. The number of nitrogens with zero attached hydrogens (tertiary/aromatic N) is 2. The first kappa shape index (κ1) is 13.2. The molecule has 2 aromatic heterocycles. The van der Waals surface area contributed by atoms with Gasteiger partial charge in [-0.1, -0.05) is 5.16 Å². The van der Waals surface area contributed by atoms with Crippen LogP contribution < -0.4 is 10.1 Å². The Morgan fingerprint density at radius 2 is 2.00 bits per heavy atom. The molecule has 2 heterocycles. The third kappa shape index (κ3) is 2.89. The van der Waals surface area contributed by atoms with Crippen molar-refractivity contribution in [1.29, 1.82) is 0 Å². The van der Waals surface area contributed by atoms with Crippen molar-refractivity contribution in [1.82, 2.24) is 10.1 Å². The third-order valence-electron chi connectivity index (χ3n) is 3.03. The molecule has 6 heteroatoms. The van der Waals surface area contributed by atoms with E-state index in [1.165, 1.54) is 0 Å². The van der Waals surface area contributed by atoms with Gasteiger partial charge in [-0.2, -0.15) is 4.98 Å². The molecule has 3 rings (SSSR count). The van der Waals surface area contributed by atoms with Crippen LogP contribution in [0.5, 0.6) is 5.75 Å². The molecule has 0 unspecified atom stereocenters. The molecular formula is C15H15N3O3. The zero-order chi connectivity index (χ0) is 14.7. The Balaban J connectivity index is 1.71. The van der Waals surface area contributed by atoms with Crippen LogP contribution in [0.3, 0.4) is 0 Å². The van der Waals surface area contributed by atoms with Gasteiger partial charge < -0.3 is 19.0 Å². The fraction of sp³-hybridized carbons (Fsp3) is 0.200. The predicted octanol–water partition coefficient (Wildman–Crippen LogP) is 3.51. The average molecular weight is 285 g/mol. The van der Waals surface area contributed by atoms with Crippen molar-refractivity contribution in [2.75, 3.05) is 12.4 Å². The quantitative estimate of drug-likeness (QED) is 0.773. The first-order valence-electron chi connectivity index (χ1n) is 6.54. The molecule has 0 radical (unpaired) electrons. The molecule has 0 saturated carbocycles. The minimum Gasteiger partial charge on any atom is -0.497 e. The second kappa shape index (κ2) is 5.70. The van der Waals surface area contributed by atoms with Crippen LogP contribution in [0, 0.1) is 0 Å². The van der Waals surface area contributed by atoms with Gasteiger partial charge in [0.05, 0.1) is 13.4 Å². The summed E-state index contributed by atoms with van der Waals surface area (Å²) in [6.07, 6.45) is 1.57. The summed E-state index contributed by atoms with van der Waals surface area (Å²) in [5.74, 6) is 2.34. The van der Waals surface area contributed by atoms with Crippen molar-refractivity contribution in [3.05, 3.63) is 48.6 Å². The Kier molecular flexibility index (Phi) is 3.59. The second-order valence-corrected chi connectivity index (χ2v) is 4.53. The fourth-order valence-electron chi connectivity index (χ4n) is 1.92. The number of aromatic nitrogens is 2. The normalized spacial score (nSPS) is 12.1. The van der Waals surface area contributed by atoms with Gasteiger partial charge in [0.25, 0.3) is 0 Å². The highest BCUT2D eigenvalue weighted by molar-refractivity contribution is 5.48. The Morgan fingerprint density at radius 1 is 1.19 bits per heavy atom. The van der Waals surface area contributed by atoms with Crippen LogP contribution in [0.25, 0.3) is 11.6 Å². The molecule has 6 nitrogen and oxygen atoms in total. The average Bonchev–Trinajstić information content (AvgIpc) is 3.19. The van der Waals surface area contributed by atoms with Crippen molar-refractivity contribution in [3.63, 3.8) is 0 Å². The molecule has 0 aliphatic rings. The van der Waals surface area contributed by atoms with Gasteiger partial charge in [0.15, 0.2) is 5.76 Å². The number of hydrogen-bond donors (Lipinski definition) is 1. The van der Waals surface area contributed by atoms with E-state index < -0.39 is 0 Å². The van der Waals surface area contributed by atoms with E-state index in [0.717, 1.165) is 11.4 Å². The molecule has 0 saturated heterocycles. The Morgan fingerprint density at radius 3 is 2.67 bits per heavy atom. The molecule has 108 valence electrons. The molecular weight excluding hydrogens is 270 g/mol. The number of furan rings is 1. The minimum atomic E-state index is -0.116. The summed E-state index contributed by atoms with van der Waals surface area (Å²) in [7, 11) is 1.64. The van der Waals surface area contributed by atoms with Crippen LogP contribution in [0.1, 0.15) is 18.9 Å². The molecule has 3 aromatic rings. The predicted molar refractivity (Wildman–Crippen MR) is 77.0 cm³/mol. The maximum absolute atomic E-state index is 5.26. The molecule has 0 aliphatic heterocycles. The summed E-state index contributed by atoms with van der Waals surface area (Å²) < 4.78 is 15.6. The summed E-state index contributed by atoms with van der Waals surface area (Å²) in [5.41, 5.74) is 0.945.